The molecule has 0 saturated carbocycles. The maximum absolute atomic E-state index is 6.00. The molecule has 0 spiro atoms. The van der Waals surface area contributed by atoms with E-state index in [9.17, 15) is 0 Å². The molecular formula is C16H25N. The van der Waals surface area contributed by atoms with Crippen LogP contribution >= 0.6 is 0 Å². The summed E-state index contributed by atoms with van der Waals surface area (Å²) in [5.41, 5.74) is 10.9. The average Bonchev–Trinajstić information content (AvgIpc) is 2.24. The van der Waals surface area contributed by atoms with E-state index >= 15 is 0 Å². The Morgan fingerprint density at radius 1 is 1.00 bits per heavy atom. The summed E-state index contributed by atoms with van der Waals surface area (Å²) in [6.07, 6.45) is 2.53. The maximum Gasteiger partial charge on any atom is 0.0266 e. The fraction of sp³-hybridized carbons (Fsp3) is 0.625. The molecule has 0 unspecified atom stereocenters. The predicted octanol–water partition coefficient (Wildman–Crippen LogP) is 4.06. The first-order valence-corrected chi connectivity index (χ1v) is 6.64. The smallest absolute Gasteiger partial charge is 0.0266 e. The summed E-state index contributed by atoms with van der Waals surface area (Å²) in [6.45, 7) is 11.5. The van der Waals surface area contributed by atoms with Gasteiger partial charge in [-0.2, -0.15) is 0 Å². The number of nitrogens with two attached hydrogens (primary N) is 1. The molecule has 0 aliphatic heterocycles. The van der Waals surface area contributed by atoms with E-state index in [4.69, 9.17) is 5.73 Å². The van der Waals surface area contributed by atoms with Crippen molar-refractivity contribution < 1.29 is 0 Å². The highest BCUT2D eigenvalue weighted by molar-refractivity contribution is 5.44. The Bertz CT molecular complexity index is 427. The van der Waals surface area contributed by atoms with Crippen LogP contribution in [0.3, 0.4) is 0 Å². The molecule has 0 bridgehead atoms. The lowest BCUT2D eigenvalue weighted by Crippen LogP contribution is -2.34. The lowest BCUT2D eigenvalue weighted by molar-refractivity contribution is 0.331. The van der Waals surface area contributed by atoms with Crippen LogP contribution in [0.2, 0.25) is 0 Å². The lowest BCUT2D eigenvalue weighted by atomic mass is 9.63. The Kier molecular flexibility index (Phi) is 2.86. The van der Waals surface area contributed by atoms with Crippen LogP contribution in [0.1, 0.15) is 70.2 Å². The number of rotatable bonds is 1. The van der Waals surface area contributed by atoms with Crippen LogP contribution in [-0.2, 0) is 10.8 Å². The highest BCUT2D eigenvalue weighted by Gasteiger charge is 2.36. The summed E-state index contributed by atoms with van der Waals surface area (Å²) in [7, 11) is 0. The van der Waals surface area contributed by atoms with E-state index in [1.165, 1.54) is 29.5 Å². The third-order valence-corrected chi connectivity index (χ3v) is 4.40. The van der Waals surface area contributed by atoms with Gasteiger partial charge < -0.3 is 5.73 Å². The number of hydrogen-bond acceptors (Lipinski definition) is 1. The molecule has 0 heterocycles. The normalized spacial score (nSPS) is 22.9. The quantitative estimate of drug-likeness (QED) is 0.775. The summed E-state index contributed by atoms with van der Waals surface area (Å²) in [6, 6.07) is 6.96. The van der Waals surface area contributed by atoms with Crippen LogP contribution in [0.25, 0.3) is 0 Å². The Morgan fingerprint density at radius 3 is 2.06 bits per heavy atom. The van der Waals surface area contributed by atoms with Gasteiger partial charge in [-0.05, 0) is 47.3 Å². The minimum Gasteiger partial charge on any atom is -0.324 e. The van der Waals surface area contributed by atoms with Crippen molar-refractivity contribution in [1.82, 2.24) is 0 Å². The first-order valence-electron chi connectivity index (χ1n) is 6.64. The van der Waals surface area contributed by atoms with E-state index < -0.39 is 0 Å². The zero-order valence-corrected chi connectivity index (χ0v) is 11.8. The van der Waals surface area contributed by atoms with Crippen LogP contribution in [0.15, 0.2) is 18.2 Å². The van der Waals surface area contributed by atoms with Crippen molar-refractivity contribution in [3.8, 4) is 0 Å². The van der Waals surface area contributed by atoms with Crippen molar-refractivity contribution in [3.63, 3.8) is 0 Å². The van der Waals surface area contributed by atoms with Crippen LogP contribution in [-0.4, -0.2) is 0 Å². The van der Waals surface area contributed by atoms with E-state index in [0.717, 1.165) is 0 Å². The van der Waals surface area contributed by atoms with Gasteiger partial charge in [0.25, 0.3) is 0 Å². The van der Waals surface area contributed by atoms with E-state index in [-0.39, 0.29) is 11.5 Å². The SMILES string of the molecule is C[C@@H](N)c1ccc2c(c1)C(C)(C)CCC2(C)C. The Balaban J connectivity index is 2.60. The second-order valence-electron chi connectivity index (χ2n) is 6.86. The minimum atomic E-state index is 0.126. The molecule has 2 N–H and O–H groups in total. The van der Waals surface area contributed by atoms with Gasteiger partial charge >= 0.3 is 0 Å². The highest BCUT2D eigenvalue weighted by atomic mass is 14.6. The molecule has 0 saturated heterocycles. The second-order valence-corrected chi connectivity index (χ2v) is 6.86. The van der Waals surface area contributed by atoms with Crippen molar-refractivity contribution in [2.75, 3.05) is 0 Å². The monoisotopic (exact) mass is 231 g/mol. The molecule has 0 amide bonds. The summed E-state index contributed by atoms with van der Waals surface area (Å²) >= 11 is 0. The minimum absolute atomic E-state index is 0.126. The standard InChI is InChI=1S/C16H25N/c1-11(17)12-6-7-13-14(10-12)16(4,5)9-8-15(13,2)3/h6-7,10-11H,8-9,17H2,1-5H3/t11-/m1/s1. The van der Waals surface area contributed by atoms with Crippen LogP contribution in [0, 0.1) is 0 Å². The van der Waals surface area contributed by atoms with Crippen molar-refractivity contribution in [2.45, 2.75) is 64.3 Å². The molecule has 17 heavy (non-hydrogen) atoms. The van der Waals surface area contributed by atoms with Crippen LogP contribution in [0.4, 0.5) is 0 Å². The van der Waals surface area contributed by atoms with Crippen LogP contribution in [0.5, 0.6) is 0 Å². The third-order valence-electron chi connectivity index (χ3n) is 4.40. The fourth-order valence-corrected chi connectivity index (χ4v) is 2.89. The number of benzene rings is 1. The molecule has 2 rings (SSSR count). The molecule has 0 aromatic heterocycles. The van der Waals surface area contributed by atoms with Gasteiger partial charge in [0, 0.05) is 6.04 Å². The Morgan fingerprint density at radius 2 is 1.53 bits per heavy atom. The molecule has 0 fully saturated rings. The fourth-order valence-electron chi connectivity index (χ4n) is 2.89. The molecule has 1 aromatic carbocycles. The van der Waals surface area contributed by atoms with Crippen LogP contribution < -0.4 is 5.73 Å². The first-order chi connectivity index (χ1) is 7.74. The molecule has 0 radical (unpaired) electrons. The van der Waals surface area contributed by atoms with Gasteiger partial charge in [0.05, 0.1) is 0 Å². The largest absolute Gasteiger partial charge is 0.324 e. The van der Waals surface area contributed by atoms with E-state index in [2.05, 4.69) is 52.8 Å². The van der Waals surface area contributed by atoms with E-state index in [0.29, 0.717) is 5.41 Å². The predicted molar refractivity (Wildman–Crippen MR) is 74.3 cm³/mol. The summed E-state index contributed by atoms with van der Waals surface area (Å²) < 4.78 is 0. The zero-order chi connectivity index (χ0) is 12.8. The third kappa shape index (κ3) is 2.13. The molecule has 1 atom stereocenters. The molecule has 1 aliphatic rings. The second kappa shape index (κ2) is 3.84. The summed E-state index contributed by atoms with van der Waals surface area (Å²) in [5, 5.41) is 0. The summed E-state index contributed by atoms with van der Waals surface area (Å²) in [5.74, 6) is 0. The zero-order valence-electron chi connectivity index (χ0n) is 11.8. The van der Waals surface area contributed by atoms with Crippen molar-refractivity contribution in [3.05, 3.63) is 34.9 Å². The molecule has 1 aromatic rings. The summed E-state index contributed by atoms with van der Waals surface area (Å²) in [4.78, 5) is 0. The van der Waals surface area contributed by atoms with Crippen molar-refractivity contribution in [1.29, 1.82) is 0 Å². The van der Waals surface area contributed by atoms with Gasteiger partial charge in [-0.1, -0.05) is 45.9 Å². The van der Waals surface area contributed by atoms with Gasteiger partial charge in [0.2, 0.25) is 0 Å². The van der Waals surface area contributed by atoms with Crippen molar-refractivity contribution >= 4 is 0 Å². The molecule has 94 valence electrons. The molecular weight excluding hydrogens is 206 g/mol. The van der Waals surface area contributed by atoms with Gasteiger partial charge in [-0.15, -0.1) is 0 Å². The molecule has 1 aliphatic carbocycles. The Hall–Kier alpha value is -0.820. The van der Waals surface area contributed by atoms with Gasteiger partial charge in [0.1, 0.15) is 0 Å². The van der Waals surface area contributed by atoms with E-state index in [1.54, 1.807) is 0 Å². The van der Waals surface area contributed by atoms with Gasteiger partial charge in [0.15, 0.2) is 0 Å². The highest BCUT2D eigenvalue weighted by Crippen LogP contribution is 2.46. The topological polar surface area (TPSA) is 26.0 Å². The van der Waals surface area contributed by atoms with Crippen molar-refractivity contribution in [2.24, 2.45) is 5.73 Å². The Labute approximate surface area is 105 Å². The van der Waals surface area contributed by atoms with Gasteiger partial charge in [-0.25, -0.2) is 0 Å². The average molecular weight is 231 g/mol. The molecule has 1 nitrogen and oxygen atoms in total. The van der Waals surface area contributed by atoms with Gasteiger partial charge in [-0.3, -0.25) is 0 Å². The molecule has 1 heteroatoms. The lowest BCUT2D eigenvalue weighted by Gasteiger charge is -2.42. The number of fused-ring (bicyclic) bond motifs is 1. The maximum atomic E-state index is 6.00. The van der Waals surface area contributed by atoms with E-state index in [1.807, 2.05) is 0 Å². The first kappa shape index (κ1) is 12.6. The number of hydrogen-bond donors (Lipinski definition) is 1.